The van der Waals surface area contributed by atoms with E-state index in [2.05, 4.69) is 55.7 Å². The lowest BCUT2D eigenvalue weighted by Gasteiger charge is -2.33. The summed E-state index contributed by atoms with van der Waals surface area (Å²) in [5.74, 6) is 0.139. The summed E-state index contributed by atoms with van der Waals surface area (Å²) in [6.07, 6.45) is 13.7. The number of rotatable bonds is 11. The monoisotopic (exact) mass is 487 g/mol. The van der Waals surface area contributed by atoms with E-state index >= 15 is 0 Å². The maximum atomic E-state index is 13.5. The highest BCUT2D eigenvalue weighted by Gasteiger charge is 2.34. The average molecular weight is 488 g/mol. The van der Waals surface area contributed by atoms with Gasteiger partial charge < -0.3 is 19.1 Å². The minimum absolute atomic E-state index is 0.0556. The van der Waals surface area contributed by atoms with Gasteiger partial charge in [0.2, 0.25) is 0 Å². The van der Waals surface area contributed by atoms with Gasteiger partial charge in [0, 0.05) is 33.9 Å². The number of benzene rings is 1. The fraction of sp³-hybridized carbons (Fsp3) is 0.310. The van der Waals surface area contributed by atoms with Crippen LogP contribution in [0.2, 0.25) is 0 Å². The molecular weight excluding hydrogens is 457 g/mol. The maximum Gasteiger partial charge on any atom is 0.269 e. The zero-order chi connectivity index (χ0) is 24.4. The van der Waals surface area contributed by atoms with Gasteiger partial charge in [0.05, 0.1) is 13.2 Å². The number of aromatic nitrogens is 1. The summed E-state index contributed by atoms with van der Waals surface area (Å²) in [5, 5.41) is 14.1. The van der Waals surface area contributed by atoms with E-state index < -0.39 is 6.48 Å². The van der Waals surface area contributed by atoms with Crippen LogP contribution in [0.15, 0.2) is 53.9 Å². The number of aliphatic hydroxyl groups is 1. The van der Waals surface area contributed by atoms with E-state index in [1.165, 1.54) is 29.9 Å². The summed E-state index contributed by atoms with van der Waals surface area (Å²) in [7, 11) is 1.22. The summed E-state index contributed by atoms with van der Waals surface area (Å²) in [5.41, 5.74) is 4.55. The second kappa shape index (κ2) is 10.4. The van der Waals surface area contributed by atoms with Gasteiger partial charge in [-0.3, -0.25) is 4.79 Å². The molecule has 0 bridgehead atoms. The molecule has 1 N–H and O–H groups in total. The first kappa shape index (κ1) is 23.9. The van der Waals surface area contributed by atoms with Gasteiger partial charge in [-0.15, -0.1) is 6.58 Å². The Morgan fingerprint density at radius 3 is 2.80 bits per heavy atom. The van der Waals surface area contributed by atoms with Crippen LogP contribution < -0.4 is 21.4 Å². The summed E-state index contributed by atoms with van der Waals surface area (Å²) < 4.78 is 12.0. The number of fused-ring (bicyclic) bond motifs is 2. The number of nitrogens with zero attached hydrogens (tertiary/aromatic N) is 1. The van der Waals surface area contributed by atoms with Crippen LogP contribution in [-0.2, 0) is 16.0 Å². The maximum absolute atomic E-state index is 13.5. The second-order valence-corrected chi connectivity index (χ2v) is 10.2. The zero-order valence-electron chi connectivity index (χ0n) is 19.8. The molecule has 0 fully saturated rings. The first-order chi connectivity index (χ1) is 17.1. The topological polar surface area (TPSA) is 60.7 Å². The van der Waals surface area contributed by atoms with Crippen LogP contribution in [0.4, 0.5) is 0 Å². The third-order valence-electron chi connectivity index (χ3n) is 6.80. The van der Waals surface area contributed by atoms with Gasteiger partial charge in [-0.2, -0.15) is 0 Å². The van der Waals surface area contributed by atoms with E-state index in [4.69, 9.17) is 9.47 Å². The van der Waals surface area contributed by atoms with Gasteiger partial charge in [0.1, 0.15) is 0 Å². The van der Waals surface area contributed by atoms with E-state index in [1.807, 2.05) is 10.6 Å². The molecule has 1 aliphatic heterocycles. The minimum atomic E-state index is -1.21. The van der Waals surface area contributed by atoms with Gasteiger partial charge in [0.15, 0.2) is 0 Å². The molecule has 0 saturated carbocycles. The Morgan fingerprint density at radius 2 is 1.94 bits per heavy atom. The molecule has 2 unspecified atom stereocenters. The summed E-state index contributed by atoms with van der Waals surface area (Å²) in [4.78, 5) is 13.5. The van der Waals surface area contributed by atoms with Gasteiger partial charge >= 0.3 is 0 Å². The van der Waals surface area contributed by atoms with Gasteiger partial charge in [-0.05, 0) is 47.0 Å². The van der Waals surface area contributed by atoms with Crippen molar-refractivity contribution in [2.75, 3.05) is 13.2 Å². The molecule has 180 valence electrons. The summed E-state index contributed by atoms with van der Waals surface area (Å²) in [6, 6.07) is 8.56. The number of allylic oxidation sites excluding steroid dienone is 3. The molecular formula is C29H30NO4P. The molecule has 5 nitrogen and oxygen atoms in total. The number of hydrogen-bond donors (Lipinski definition) is 1. The van der Waals surface area contributed by atoms with Crippen LogP contribution in [0, 0.1) is 0 Å². The molecule has 0 saturated heterocycles. The van der Waals surface area contributed by atoms with Crippen molar-refractivity contribution in [1.29, 1.82) is 0 Å². The number of pyridine rings is 1. The lowest BCUT2D eigenvalue weighted by atomic mass is 9.76. The van der Waals surface area contributed by atoms with Crippen LogP contribution in [0.25, 0.3) is 24.3 Å². The summed E-state index contributed by atoms with van der Waals surface area (Å²) in [6.45, 7) is 7.99. The quantitative estimate of drug-likeness (QED) is 0.229. The number of aliphatic hydroxyl groups excluding tert-OH is 1. The van der Waals surface area contributed by atoms with Crippen molar-refractivity contribution in [3.05, 3.63) is 86.7 Å². The summed E-state index contributed by atoms with van der Waals surface area (Å²) >= 11 is 0. The van der Waals surface area contributed by atoms with Gasteiger partial charge in [0.25, 0.3) is 12.0 Å². The molecule has 1 aromatic heterocycles. The molecule has 2 aliphatic carbocycles. The van der Waals surface area contributed by atoms with Crippen LogP contribution >= 0.6 is 8.20 Å². The van der Waals surface area contributed by atoms with Crippen molar-refractivity contribution in [1.82, 2.24) is 4.57 Å². The Bertz CT molecular complexity index is 1420. The van der Waals surface area contributed by atoms with Crippen molar-refractivity contribution >= 4 is 43.1 Å². The van der Waals surface area contributed by atoms with E-state index in [9.17, 15) is 9.90 Å². The van der Waals surface area contributed by atoms with Crippen molar-refractivity contribution in [3.8, 4) is 0 Å². The first-order valence-electron chi connectivity index (χ1n) is 12.2. The third-order valence-corrected chi connectivity index (χ3v) is 8.09. The Kier molecular flexibility index (Phi) is 7.12. The molecule has 2 aromatic rings. The van der Waals surface area contributed by atoms with Crippen LogP contribution in [0.3, 0.4) is 0 Å². The molecule has 0 amide bonds. The first-order valence-corrected chi connectivity index (χ1v) is 13.1. The number of ether oxygens (including phenoxy) is 2. The predicted molar refractivity (Wildman–Crippen MR) is 144 cm³/mol. The largest absolute Gasteiger partial charge is 0.346 e. The Labute approximate surface area is 206 Å². The number of hydrogen-bond acceptors (Lipinski definition) is 4. The molecule has 0 spiro atoms. The highest BCUT2D eigenvalue weighted by Crippen LogP contribution is 2.42. The van der Waals surface area contributed by atoms with E-state index in [-0.39, 0.29) is 18.1 Å². The molecule has 6 heteroatoms. The second-order valence-electron chi connectivity index (χ2n) is 8.97. The Hall–Kier alpha value is -2.82. The normalized spacial score (nSPS) is 18.0. The molecule has 3 aliphatic rings. The molecule has 1 aromatic carbocycles. The molecule has 2 heterocycles. The van der Waals surface area contributed by atoms with E-state index in [0.29, 0.717) is 13.2 Å². The van der Waals surface area contributed by atoms with Crippen LogP contribution in [0.1, 0.15) is 48.3 Å². The third kappa shape index (κ3) is 4.57. The van der Waals surface area contributed by atoms with E-state index in [1.54, 1.807) is 6.08 Å². The average Bonchev–Trinajstić information content (AvgIpc) is 2.88. The number of unbranched alkanes of at least 4 members (excludes halogenated alkanes) is 3. The fourth-order valence-electron chi connectivity index (χ4n) is 5.13. The Balaban J connectivity index is 1.31. The Morgan fingerprint density at radius 1 is 1.11 bits per heavy atom. The van der Waals surface area contributed by atoms with Crippen molar-refractivity contribution in [2.45, 2.75) is 44.6 Å². The molecule has 5 rings (SSSR count). The highest BCUT2D eigenvalue weighted by atomic mass is 31.1. The zero-order valence-corrected chi connectivity index (χ0v) is 20.7. The predicted octanol–water partition coefficient (Wildman–Crippen LogP) is 3.06. The van der Waals surface area contributed by atoms with Crippen LogP contribution in [-0.4, -0.2) is 34.7 Å². The highest BCUT2D eigenvalue weighted by molar-refractivity contribution is 7.50. The fourth-order valence-corrected chi connectivity index (χ4v) is 6.44. The lowest BCUT2D eigenvalue weighted by molar-refractivity contribution is -0.258. The van der Waals surface area contributed by atoms with Gasteiger partial charge in [-0.25, -0.2) is 0 Å². The smallest absolute Gasteiger partial charge is 0.269 e. The standard InChI is InChI=1S/C29H30NO4P/c1-3-17-33-29(32)34-18-9-5-4-8-16-30-19(2)20-12-13-22-21-10-6-7-11-24(21)35-25-15-14-23(28(30)31)26(20)27(22)25/h3,6-7,10-15,27,29,32H,1-2,4-5,8-9,16-18H2. The lowest BCUT2D eigenvalue weighted by Crippen LogP contribution is -2.49. The van der Waals surface area contributed by atoms with Crippen molar-refractivity contribution in [2.24, 2.45) is 0 Å². The van der Waals surface area contributed by atoms with E-state index in [0.717, 1.165) is 47.4 Å². The van der Waals surface area contributed by atoms with Crippen molar-refractivity contribution in [3.63, 3.8) is 0 Å². The van der Waals surface area contributed by atoms with Crippen LogP contribution in [0.5, 0.6) is 0 Å². The SMILES string of the molecule is C=CCOC(O)OCCCCCCn1c(=O)c2c3c(c1=C)=CC=C1c4ccccc4P=C(C=C2)C13. The minimum Gasteiger partial charge on any atom is -0.346 e. The van der Waals surface area contributed by atoms with Crippen molar-refractivity contribution < 1.29 is 14.6 Å². The molecule has 2 atom stereocenters. The molecule has 35 heavy (non-hydrogen) atoms. The molecule has 0 radical (unpaired) electrons. The van der Waals surface area contributed by atoms with Gasteiger partial charge in [-0.1, -0.05) is 70.1 Å².